The van der Waals surface area contributed by atoms with E-state index < -0.39 is 10.9 Å². The number of carbonyl (C=O) groups excluding carboxylic acids is 1. The molecule has 1 aliphatic rings. The molecule has 9 nitrogen and oxygen atoms in total. The number of ether oxygens (including phenoxy) is 1. The Labute approximate surface area is 154 Å². The average molecular weight is 377 g/mol. The summed E-state index contributed by atoms with van der Waals surface area (Å²) in [5, 5.41) is 12.5. The average Bonchev–Trinajstić information content (AvgIpc) is 3.06. The lowest BCUT2D eigenvalue weighted by Gasteiger charge is -2.34. The molecule has 1 saturated heterocycles. The summed E-state index contributed by atoms with van der Waals surface area (Å²) >= 11 is 1.68. The predicted molar refractivity (Wildman–Crippen MR) is 96.6 cm³/mol. The van der Waals surface area contributed by atoms with Gasteiger partial charge in [-0.05, 0) is 6.92 Å². The van der Waals surface area contributed by atoms with Crippen LogP contribution < -0.4 is 4.90 Å². The summed E-state index contributed by atoms with van der Waals surface area (Å²) in [7, 11) is 1.23. The standard InChI is InChI=1S/C16H19N5O4S/c1-11-17-9-13(26-11)10-19-3-5-20(6-4-19)15-14(21(23)24)7-12(8-18-15)16(22)25-2/h7-9H,3-6,10H2,1-2H3. The van der Waals surface area contributed by atoms with E-state index in [9.17, 15) is 14.9 Å². The Bertz CT molecular complexity index is 817. The van der Waals surface area contributed by atoms with Crippen LogP contribution in [0, 0.1) is 17.0 Å². The molecular weight excluding hydrogens is 358 g/mol. The number of nitro groups is 1. The molecule has 0 amide bonds. The highest BCUT2D eigenvalue weighted by atomic mass is 32.1. The second-order valence-corrected chi connectivity index (χ2v) is 7.24. The maximum Gasteiger partial charge on any atom is 0.339 e. The lowest BCUT2D eigenvalue weighted by Crippen LogP contribution is -2.46. The maximum absolute atomic E-state index is 11.6. The van der Waals surface area contributed by atoms with E-state index in [0.717, 1.165) is 24.6 Å². The Morgan fingerprint density at radius 3 is 2.62 bits per heavy atom. The first-order valence-electron chi connectivity index (χ1n) is 8.09. The van der Waals surface area contributed by atoms with Gasteiger partial charge < -0.3 is 9.64 Å². The molecule has 1 aliphatic heterocycles. The molecule has 138 valence electrons. The quantitative estimate of drug-likeness (QED) is 0.442. The first kappa shape index (κ1) is 18.2. The number of nitrogens with zero attached hydrogens (tertiary/aromatic N) is 5. The number of esters is 1. The van der Waals surface area contributed by atoms with Crippen LogP contribution in [0.4, 0.5) is 11.5 Å². The van der Waals surface area contributed by atoms with Gasteiger partial charge in [0.05, 0.1) is 22.6 Å². The van der Waals surface area contributed by atoms with E-state index in [2.05, 4.69) is 19.6 Å². The molecule has 2 aromatic rings. The Hall–Kier alpha value is -2.59. The van der Waals surface area contributed by atoms with Gasteiger partial charge in [-0.25, -0.2) is 14.8 Å². The van der Waals surface area contributed by atoms with Crippen molar-refractivity contribution in [3.8, 4) is 0 Å². The van der Waals surface area contributed by atoms with Crippen molar-refractivity contribution >= 4 is 28.8 Å². The van der Waals surface area contributed by atoms with Crippen LogP contribution in [0.25, 0.3) is 0 Å². The number of piperazine rings is 1. The molecule has 1 fully saturated rings. The lowest BCUT2D eigenvalue weighted by atomic mass is 10.2. The van der Waals surface area contributed by atoms with Gasteiger partial charge in [-0.15, -0.1) is 11.3 Å². The zero-order valence-corrected chi connectivity index (χ0v) is 15.4. The minimum atomic E-state index is -0.642. The fourth-order valence-corrected chi connectivity index (χ4v) is 3.71. The minimum Gasteiger partial charge on any atom is -0.465 e. The number of aryl methyl sites for hydroxylation is 1. The van der Waals surface area contributed by atoms with Gasteiger partial charge in [-0.1, -0.05) is 0 Å². The summed E-state index contributed by atoms with van der Waals surface area (Å²) in [4.78, 5) is 36.3. The maximum atomic E-state index is 11.6. The smallest absolute Gasteiger partial charge is 0.339 e. The van der Waals surface area contributed by atoms with Gasteiger partial charge in [0.1, 0.15) is 0 Å². The Morgan fingerprint density at radius 2 is 2.04 bits per heavy atom. The van der Waals surface area contributed by atoms with E-state index in [1.807, 2.05) is 18.0 Å². The van der Waals surface area contributed by atoms with E-state index in [4.69, 9.17) is 0 Å². The molecule has 10 heteroatoms. The summed E-state index contributed by atoms with van der Waals surface area (Å²) in [6.07, 6.45) is 3.21. The summed E-state index contributed by atoms with van der Waals surface area (Å²) < 4.78 is 4.60. The van der Waals surface area contributed by atoms with Gasteiger partial charge in [-0.3, -0.25) is 15.0 Å². The molecule has 0 radical (unpaired) electrons. The molecule has 0 aromatic carbocycles. The molecule has 0 bridgehead atoms. The number of thiazole rings is 1. The molecular formula is C16H19N5O4S. The highest BCUT2D eigenvalue weighted by Crippen LogP contribution is 2.28. The van der Waals surface area contributed by atoms with Gasteiger partial charge in [0.2, 0.25) is 5.82 Å². The number of anilines is 1. The van der Waals surface area contributed by atoms with Crippen molar-refractivity contribution < 1.29 is 14.5 Å². The predicted octanol–water partition coefficient (Wildman–Crippen LogP) is 1.86. The summed E-state index contributed by atoms with van der Waals surface area (Å²) in [6, 6.07) is 1.22. The van der Waals surface area contributed by atoms with E-state index in [1.54, 1.807) is 11.3 Å². The van der Waals surface area contributed by atoms with Gasteiger partial charge in [0.15, 0.2) is 0 Å². The SMILES string of the molecule is COC(=O)c1cnc(N2CCN(Cc3cnc(C)s3)CC2)c([N+](=O)[O-])c1. The van der Waals surface area contributed by atoms with Crippen LogP contribution in [0.5, 0.6) is 0 Å². The highest BCUT2D eigenvalue weighted by Gasteiger charge is 2.27. The number of pyridine rings is 1. The third kappa shape index (κ3) is 3.97. The van der Waals surface area contributed by atoms with Crippen molar-refractivity contribution in [3.63, 3.8) is 0 Å². The van der Waals surface area contributed by atoms with Gasteiger partial charge in [0.25, 0.3) is 0 Å². The first-order chi connectivity index (χ1) is 12.5. The van der Waals surface area contributed by atoms with Crippen LogP contribution in [0.15, 0.2) is 18.5 Å². The van der Waals surface area contributed by atoms with Crippen molar-refractivity contribution in [2.24, 2.45) is 0 Å². The third-order valence-electron chi connectivity index (χ3n) is 4.19. The monoisotopic (exact) mass is 377 g/mol. The van der Waals surface area contributed by atoms with Crippen molar-refractivity contribution in [2.75, 3.05) is 38.2 Å². The lowest BCUT2D eigenvalue weighted by molar-refractivity contribution is -0.384. The van der Waals surface area contributed by atoms with Crippen molar-refractivity contribution in [3.05, 3.63) is 44.0 Å². The zero-order valence-electron chi connectivity index (χ0n) is 14.5. The second kappa shape index (κ2) is 7.75. The largest absolute Gasteiger partial charge is 0.465 e. The second-order valence-electron chi connectivity index (χ2n) is 5.92. The van der Waals surface area contributed by atoms with Crippen LogP contribution in [-0.4, -0.2) is 59.0 Å². The number of carbonyl (C=O) groups is 1. The minimum absolute atomic E-state index is 0.0714. The van der Waals surface area contributed by atoms with Crippen molar-refractivity contribution in [1.29, 1.82) is 0 Å². The third-order valence-corrected chi connectivity index (χ3v) is 5.08. The van der Waals surface area contributed by atoms with Crippen LogP contribution in [0.1, 0.15) is 20.2 Å². The van der Waals surface area contributed by atoms with Crippen LogP contribution in [0.2, 0.25) is 0 Å². The summed E-state index contributed by atoms with van der Waals surface area (Å²) in [5.74, 6) is -0.354. The Morgan fingerprint density at radius 1 is 1.31 bits per heavy atom. The van der Waals surface area contributed by atoms with E-state index >= 15 is 0 Å². The first-order valence-corrected chi connectivity index (χ1v) is 8.91. The van der Waals surface area contributed by atoms with Crippen LogP contribution in [0.3, 0.4) is 0 Å². The topological polar surface area (TPSA) is 102 Å². The molecule has 26 heavy (non-hydrogen) atoms. The van der Waals surface area contributed by atoms with Crippen LogP contribution >= 0.6 is 11.3 Å². The fourth-order valence-electron chi connectivity index (χ4n) is 2.87. The number of hydrogen-bond acceptors (Lipinski definition) is 9. The molecule has 2 aromatic heterocycles. The molecule has 0 aliphatic carbocycles. The fraction of sp³-hybridized carbons (Fsp3) is 0.438. The number of methoxy groups -OCH3 is 1. The van der Waals surface area contributed by atoms with Crippen molar-refractivity contribution in [2.45, 2.75) is 13.5 Å². The molecule has 0 atom stereocenters. The van der Waals surface area contributed by atoms with E-state index in [1.165, 1.54) is 24.3 Å². The zero-order chi connectivity index (χ0) is 18.7. The molecule has 0 saturated carbocycles. The summed E-state index contributed by atoms with van der Waals surface area (Å²) in [6.45, 7) is 5.61. The normalized spacial score (nSPS) is 15.1. The molecule has 3 rings (SSSR count). The Balaban J connectivity index is 1.70. The highest BCUT2D eigenvalue weighted by molar-refractivity contribution is 7.11. The number of aromatic nitrogens is 2. The van der Waals surface area contributed by atoms with E-state index in [-0.39, 0.29) is 17.1 Å². The molecule has 3 heterocycles. The Kier molecular flexibility index (Phi) is 5.43. The van der Waals surface area contributed by atoms with Crippen molar-refractivity contribution in [1.82, 2.24) is 14.9 Å². The molecule has 0 N–H and O–H groups in total. The van der Waals surface area contributed by atoms with Gasteiger partial charge in [-0.2, -0.15) is 0 Å². The molecule has 0 unspecified atom stereocenters. The van der Waals surface area contributed by atoms with Crippen LogP contribution in [-0.2, 0) is 11.3 Å². The number of rotatable bonds is 5. The van der Waals surface area contributed by atoms with Gasteiger partial charge in [0, 0.05) is 56.1 Å². The van der Waals surface area contributed by atoms with E-state index in [0.29, 0.717) is 13.1 Å². The molecule has 0 spiro atoms. The summed E-state index contributed by atoms with van der Waals surface area (Å²) in [5.41, 5.74) is -0.110. The van der Waals surface area contributed by atoms with Gasteiger partial charge >= 0.3 is 11.7 Å². The number of hydrogen-bond donors (Lipinski definition) is 0.